The number of hydrogen-bond acceptors (Lipinski definition) is 2. The SMILES string of the molecule is C=C(CC)CC(N)c1csc(Br)c1. The largest absolute Gasteiger partial charge is 0.324 e. The van der Waals surface area contributed by atoms with Crippen molar-refractivity contribution in [3.05, 3.63) is 32.9 Å². The molecule has 1 heterocycles. The van der Waals surface area contributed by atoms with E-state index >= 15 is 0 Å². The molecule has 0 aliphatic rings. The van der Waals surface area contributed by atoms with Gasteiger partial charge in [0, 0.05) is 6.04 Å². The normalized spacial score (nSPS) is 12.8. The van der Waals surface area contributed by atoms with E-state index in [0.717, 1.165) is 16.6 Å². The molecule has 0 aliphatic carbocycles. The predicted octanol–water partition coefficient (Wildman–Crippen LogP) is 3.87. The molecule has 0 aromatic carbocycles. The van der Waals surface area contributed by atoms with Crippen LogP contribution in [0.15, 0.2) is 27.4 Å². The number of thiophene rings is 1. The minimum atomic E-state index is 0.106. The van der Waals surface area contributed by atoms with Crippen molar-refractivity contribution in [3.63, 3.8) is 0 Å². The van der Waals surface area contributed by atoms with Gasteiger partial charge in [0.25, 0.3) is 0 Å². The van der Waals surface area contributed by atoms with Gasteiger partial charge >= 0.3 is 0 Å². The van der Waals surface area contributed by atoms with Crippen molar-refractivity contribution in [3.8, 4) is 0 Å². The third kappa shape index (κ3) is 3.25. The Kier molecular flexibility index (Phi) is 4.16. The summed E-state index contributed by atoms with van der Waals surface area (Å²) in [5, 5.41) is 2.09. The zero-order valence-corrected chi connectivity index (χ0v) is 10.1. The highest BCUT2D eigenvalue weighted by molar-refractivity contribution is 9.11. The summed E-state index contributed by atoms with van der Waals surface area (Å²) in [6.07, 6.45) is 1.90. The lowest BCUT2D eigenvalue weighted by molar-refractivity contribution is 0.704. The van der Waals surface area contributed by atoms with Crippen LogP contribution in [0.1, 0.15) is 31.4 Å². The van der Waals surface area contributed by atoms with E-state index in [0.29, 0.717) is 0 Å². The Hall–Kier alpha value is -0.120. The number of halogens is 1. The molecule has 0 bridgehead atoms. The third-order valence-electron chi connectivity index (χ3n) is 2.02. The van der Waals surface area contributed by atoms with E-state index in [1.165, 1.54) is 11.1 Å². The molecule has 1 atom stereocenters. The zero-order chi connectivity index (χ0) is 9.84. The fourth-order valence-corrected chi connectivity index (χ4v) is 2.33. The summed E-state index contributed by atoms with van der Waals surface area (Å²) in [5.41, 5.74) is 8.43. The minimum absolute atomic E-state index is 0.106. The molecule has 0 saturated heterocycles. The molecule has 0 saturated carbocycles. The van der Waals surface area contributed by atoms with Crippen LogP contribution in [-0.4, -0.2) is 0 Å². The van der Waals surface area contributed by atoms with E-state index in [1.54, 1.807) is 11.3 Å². The summed E-state index contributed by atoms with van der Waals surface area (Å²) >= 11 is 5.10. The lowest BCUT2D eigenvalue weighted by Crippen LogP contribution is -2.09. The Morgan fingerprint density at radius 3 is 2.92 bits per heavy atom. The van der Waals surface area contributed by atoms with Crippen molar-refractivity contribution in [1.82, 2.24) is 0 Å². The van der Waals surface area contributed by atoms with Crippen LogP contribution in [0, 0.1) is 0 Å². The molecule has 0 amide bonds. The lowest BCUT2D eigenvalue weighted by Gasteiger charge is -2.10. The first kappa shape index (κ1) is 11.0. The van der Waals surface area contributed by atoms with Gasteiger partial charge < -0.3 is 5.73 Å². The van der Waals surface area contributed by atoms with Crippen LogP contribution in [0.5, 0.6) is 0 Å². The van der Waals surface area contributed by atoms with Gasteiger partial charge in [0.05, 0.1) is 3.79 Å². The van der Waals surface area contributed by atoms with E-state index in [9.17, 15) is 0 Å². The summed E-state index contributed by atoms with van der Waals surface area (Å²) in [6.45, 7) is 6.07. The van der Waals surface area contributed by atoms with Crippen molar-refractivity contribution in [2.45, 2.75) is 25.8 Å². The molecule has 13 heavy (non-hydrogen) atoms. The topological polar surface area (TPSA) is 26.0 Å². The van der Waals surface area contributed by atoms with Crippen molar-refractivity contribution >= 4 is 27.3 Å². The maximum Gasteiger partial charge on any atom is 0.0701 e. The van der Waals surface area contributed by atoms with Gasteiger partial charge in [0.15, 0.2) is 0 Å². The number of rotatable bonds is 4. The highest BCUT2D eigenvalue weighted by atomic mass is 79.9. The van der Waals surface area contributed by atoms with Gasteiger partial charge in [-0.05, 0) is 45.8 Å². The highest BCUT2D eigenvalue weighted by Crippen LogP contribution is 2.27. The van der Waals surface area contributed by atoms with Gasteiger partial charge in [-0.1, -0.05) is 19.1 Å². The van der Waals surface area contributed by atoms with Crippen molar-refractivity contribution < 1.29 is 0 Å². The predicted molar refractivity (Wildman–Crippen MR) is 63.0 cm³/mol. The van der Waals surface area contributed by atoms with E-state index in [-0.39, 0.29) is 6.04 Å². The van der Waals surface area contributed by atoms with Crippen LogP contribution in [0.3, 0.4) is 0 Å². The molecule has 0 spiro atoms. The Bertz CT molecular complexity index is 293. The van der Waals surface area contributed by atoms with Crippen molar-refractivity contribution in [2.75, 3.05) is 0 Å². The molecule has 72 valence electrons. The first-order valence-electron chi connectivity index (χ1n) is 4.29. The molecule has 1 aromatic rings. The molecule has 1 rings (SSSR count). The van der Waals surface area contributed by atoms with Crippen LogP contribution < -0.4 is 5.73 Å². The number of nitrogens with two attached hydrogens (primary N) is 1. The fourth-order valence-electron chi connectivity index (χ4n) is 1.09. The fraction of sp³-hybridized carbons (Fsp3) is 0.400. The molecule has 1 aromatic heterocycles. The molecule has 0 fully saturated rings. The van der Waals surface area contributed by atoms with Crippen LogP contribution in [-0.2, 0) is 0 Å². The lowest BCUT2D eigenvalue weighted by atomic mass is 10.0. The Morgan fingerprint density at radius 2 is 2.46 bits per heavy atom. The maximum atomic E-state index is 6.01. The van der Waals surface area contributed by atoms with E-state index in [4.69, 9.17) is 5.73 Å². The quantitative estimate of drug-likeness (QED) is 0.817. The van der Waals surface area contributed by atoms with Crippen LogP contribution in [0.25, 0.3) is 0 Å². The maximum absolute atomic E-state index is 6.01. The van der Waals surface area contributed by atoms with Crippen LogP contribution >= 0.6 is 27.3 Å². The Balaban J connectivity index is 2.58. The molecule has 3 heteroatoms. The zero-order valence-electron chi connectivity index (χ0n) is 7.72. The standard InChI is InChI=1S/C10H14BrNS/c1-3-7(2)4-9(12)8-5-10(11)13-6-8/h5-6,9H,2-4,12H2,1H3. The molecule has 0 aliphatic heterocycles. The number of hydrogen-bond donors (Lipinski definition) is 1. The summed E-state index contributed by atoms with van der Waals surface area (Å²) < 4.78 is 1.14. The summed E-state index contributed by atoms with van der Waals surface area (Å²) in [6, 6.07) is 2.19. The van der Waals surface area contributed by atoms with Gasteiger partial charge in [-0.3, -0.25) is 0 Å². The second kappa shape index (κ2) is 4.94. The Morgan fingerprint density at radius 1 is 1.77 bits per heavy atom. The van der Waals surface area contributed by atoms with Crippen LogP contribution in [0.2, 0.25) is 0 Å². The molecule has 2 N–H and O–H groups in total. The monoisotopic (exact) mass is 259 g/mol. The second-order valence-corrected chi connectivity index (χ2v) is 5.39. The first-order valence-corrected chi connectivity index (χ1v) is 5.97. The van der Waals surface area contributed by atoms with Gasteiger partial charge in [0.1, 0.15) is 0 Å². The molecule has 1 unspecified atom stereocenters. The van der Waals surface area contributed by atoms with Gasteiger partial charge in [-0.2, -0.15) is 0 Å². The molecule has 1 nitrogen and oxygen atoms in total. The van der Waals surface area contributed by atoms with Crippen molar-refractivity contribution in [1.29, 1.82) is 0 Å². The smallest absolute Gasteiger partial charge is 0.0701 e. The van der Waals surface area contributed by atoms with E-state index in [2.05, 4.69) is 40.9 Å². The average Bonchev–Trinajstić information content (AvgIpc) is 2.51. The minimum Gasteiger partial charge on any atom is -0.324 e. The highest BCUT2D eigenvalue weighted by Gasteiger charge is 2.08. The van der Waals surface area contributed by atoms with Gasteiger partial charge in [-0.15, -0.1) is 11.3 Å². The van der Waals surface area contributed by atoms with E-state index < -0.39 is 0 Å². The average molecular weight is 260 g/mol. The molecule has 0 radical (unpaired) electrons. The van der Waals surface area contributed by atoms with Crippen LogP contribution in [0.4, 0.5) is 0 Å². The van der Waals surface area contributed by atoms with Crippen molar-refractivity contribution in [2.24, 2.45) is 5.73 Å². The summed E-state index contributed by atoms with van der Waals surface area (Å²) in [7, 11) is 0. The van der Waals surface area contributed by atoms with E-state index in [1.807, 2.05) is 0 Å². The molecular formula is C10H14BrNS. The van der Waals surface area contributed by atoms with Gasteiger partial charge in [-0.25, -0.2) is 0 Å². The first-order chi connectivity index (χ1) is 6.13. The molecular weight excluding hydrogens is 246 g/mol. The summed E-state index contributed by atoms with van der Waals surface area (Å²) in [4.78, 5) is 0. The third-order valence-corrected chi connectivity index (χ3v) is 3.55. The van der Waals surface area contributed by atoms with Gasteiger partial charge in [0.2, 0.25) is 0 Å². The second-order valence-electron chi connectivity index (χ2n) is 3.10. The summed E-state index contributed by atoms with van der Waals surface area (Å²) in [5.74, 6) is 0. The Labute approximate surface area is 91.8 Å².